The fourth-order valence-electron chi connectivity index (χ4n) is 2.67. The van der Waals surface area contributed by atoms with Crippen molar-refractivity contribution in [3.8, 4) is 11.4 Å². The van der Waals surface area contributed by atoms with Crippen molar-refractivity contribution in [2.24, 2.45) is 0 Å². The summed E-state index contributed by atoms with van der Waals surface area (Å²) in [6.07, 6.45) is 1.42. The molecule has 1 saturated heterocycles. The summed E-state index contributed by atoms with van der Waals surface area (Å²) in [6, 6.07) is 4.73. The van der Waals surface area contributed by atoms with Crippen LogP contribution in [0.25, 0.3) is 11.4 Å². The molecule has 1 aromatic carbocycles. The van der Waals surface area contributed by atoms with Gasteiger partial charge in [-0.05, 0) is 13.1 Å². The summed E-state index contributed by atoms with van der Waals surface area (Å²) in [5.74, 6) is 0.496. The summed E-state index contributed by atoms with van der Waals surface area (Å²) in [4.78, 5) is 23.5. The topological polar surface area (TPSA) is 127 Å². The smallest absolute Gasteiger partial charge is 0.270 e. The highest BCUT2D eigenvalue weighted by Crippen LogP contribution is 2.33. The lowest BCUT2D eigenvalue weighted by Gasteiger charge is -2.34. The SMILES string of the molecule is CN1CCN(c2ccc([N+](=O)[O-])cc2-c2ncc(N)c(N)n2)CC1. The number of aromatic nitrogens is 2. The molecular formula is C15H19N7O2. The molecule has 0 saturated carbocycles. The molecule has 2 aromatic rings. The van der Waals surface area contributed by atoms with Crippen molar-refractivity contribution < 1.29 is 4.92 Å². The molecule has 9 nitrogen and oxygen atoms in total. The average molecular weight is 329 g/mol. The zero-order chi connectivity index (χ0) is 17.3. The second-order valence-corrected chi connectivity index (χ2v) is 5.78. The minimum absolute atomic E-state index is 0.0122. The van der Waals surface area contributed by atoms with Gasteiger partial charge in [-0.15, -0.1) is 0 Å². The molecule has 3 rings (SSSR count). The first-order chi connectivity index (χ1) is 11.5. The van der Waals surface area contributed by atoms with Crippen molar-refractivity contribution in [3.05, 3.63) is 34.5 Å². The monoisotopic (exact) mass is 329 g/mol. The van der Waals surface area contributed by atoms with Crippen LogP contribution in [0.4, 0.5) is 22.9 Å². The first-order valence-corrected chi connectivity index (χ1v) is 7.56. The van der Waals surface area contributed by atoms with Gasteiger partial charge in [0.25, 0.3) is 5.69 Å². The van der Waals surface area contributed by atoms with Gasteiger partial charge in [-0.2, -0.15) is 0 Å². The molecule has 0 aliphatic carbocycles. The van der Waals surface area contributed by atoms with Gasteiger partial charge in [-0.3, -0.25) is 10.1 Å². The first kappa shape index (κ1) is 15.9. The van der Waals surface area contributed by atoms with Crippen LogP contribution in [0.1, 0.15) is 0 Å². The summed E-state index contributed by atoms with van der Waals surface area (Å²) >= 11 is 0. The number of benzene rings is 1. The summed E-state index contributed by atoms with van der Waals surface area (Å²) in [5, 5.41) is 11.1. The maximum absolute atomic E-state index is 11.1. The van der Waals surface area contributed by atoms with E-state index in [4.69, 9.17) is 11.5 Å². The minimum atomic E-state index is -0.433. The Kier molecular flexibility index (Phi) is 4.17. The van der Waals surface area contributed by atoms with Crippen molar-refractivity contribution in [2.75, 3.05) is 49.6 Å². The van der Waals surface area contributed by atoms with Gasteiger partial charge in [-0.1, -0.05) is 0 Å². The molecule has 1 aromatic heterocycles. The maximum Gasteiger partial charge on any atom is 0.270 e. The largest absolute Gasteiger partial charge is 0.394 e. The molecule has 2 heterocycles. The Bertz CT molecular complexity index is 772. The highest BCUT2D eigenvalue weighted by molar-refractivity contribution is 5.78. The lowest BCUT2D eigenvalue weighted by atomic mass is 10.1. The number of anilines is 3. The van der Waals surface area contributed by atoms with E-state index in [-0.39, 0.29) is 17.2 Å². The predicted octanol–water partition coefficient (Wildman–Crippen LogP) is 0.968. The van der Waals surface area contributed by atoms with E-state index in [2.05, 4.69) is 26.8 Å². The van der Waals surface area contributed by atoms with E-state index in [0.717, 1.165) is 31.9 Å². The Labute approximate surface area is 139 Å². The normalized spacial score (nSPS) is 15.5. The lowest BCUT2D eigenvalue weighted by Crippen LogP contribution is -2.44. The standard InChI is InChI=1S/C15H19N7O2/c1-20-4-6-21(7-5-20)13-3-2-10(22(23)24)8-11(13)15-18-9-12(16)14(17)19-15/h2-3,8-9H,4-7,16H2,1H3,(H2,17,18,19). The average Bonchev–Trinajstić information content (AvgIpc) is 2.57. The fraction of sp³-hybridized carbons (Fsp3) is 0.333. The number of nitrogens with two attached hydrogens (primary N) is 2. The van der Waals surface area contributed by atoms with Crippen LogP contribution < -0.4 is 16.4 Å². The summed E-state index contributed by atoms with van der Waals surface area (Å²) in [5.41, 5.74) is 13.2. The molecule has 1 aliphatic heterocycles. The third kappa shape index (κ3) is 3.06. The van der Waals surface area contributed by atoms with E-state index >= 15 is 0 Å². The van der Waals surface area contributed by atoms with Gasteiger partial charge in [0, 0.05) is 49.6 Å². The number of nitrogens with zero attached hydrogens (tertiary/aromatic N) is 5. The molecule has 0 atom stereocenters. The van der Waals surface area contributed by atoms with Gasteiger partial charge < -0.3 is 21.3 Å². The third-order valence-corrected chi connectivity index (χ3v) is 4.12. The minimum Gasteiger partial charge on any atom is -0.394 e. The molecule has 0 radical (unpaired) electrons. The van der Waals surface area contributed by atoms with Crippen LogP contribution in [0.5, 0.6) is 0 Å². The zero-order valence-electron chi connectivity index (χ0n) is 13.3. The molecule has 0 spiro atoms. The van der Waals surface area contributed by atoms with E-state index in [1.165, 1.54) is 18.3 Å². The van der Waals surface area contributed by atoms with Gasteiger partial charge in [0.2, 0.25) is 0 Å². The Morgan fingerprint density at radius 3 is 2.54 bits per heavy atom. The molecule has 126 valence electrons. The number of nitro groups is 1. The van der Waals surface area contributed by atoms with Crippen LogP contribution in [0.2, 0.25) is 0 Å². The summed E-state index contributed by atoms with van der Waals surface area (Å²) in [6.45, 7) is 3.49. The first-order valence-electron chi connectivity index (χ1n) is 7.56. The van der Waals surface area contributed by atoms with Gasteiger partial charge in [-0.25, -0.2) is 9.97 Å². The lowest BCUT2D eigenvalue weighted by molar-refractivity contribution is -0.384. The molecule has 1 aliphatic rings. The molecule has 0 bridgehead atoms. The molecule has 24 heavy (non-hydrogen) atoms. The van der Waals surface area contributed by atoms with E-state index in [9.17, 15) is 10.1 Å². The quantitative estimate of drug-likeness (QED) is 0.630. The van der Waals surface area contributed by atoms with Crippen LogP contribution in [-0.4, -0.2) is 53.0 Å². The summed E-state index contributed by atoms with van der Waals surface area (Å²) < 4.78 is 0. The van der Waals surface area contributed by atoms with Crippen LogP contribution in [0.15, 0.2) is 24.4 Å². The number of nitrogen functional groups attached to an aromatic ring is 2. The Morgan fingerprint density at radius 1 is 1.21 bits per heavy atom. The summed E-state index contributed by atoms with van der Waals surface area (Å²) in [7, 11) is 2.07. The third-order valence-electron chi connectivity index (χ3n) is 4.12. The maximum atomic E-state index is 11.1. The van der Waals surface area contributed by atoms with Crippen LogP contribution in [0, 0.1) is 10.1 Å². The molecule has 9 heteroatoms. The van der Waals surface area contributed by atoms with E-state index in [1.54, 1.807) is 6.07 Å². The number of likely N-dealkylation sites (N-methyl/N-ethyl adjacent to an activating group) is 1. The second-order valence-electron chi connectivity index (χ2n) is 5.78. The van der Waals surface area contributed by atoms with Crippen LogP contribution in [0.3, 0.4) is 0 Å². The number of nitro benzene ring substituents is 1. The van der Waals surface area contributed by atoms with Crippen molar-refractivity contribution in [1.29, 1.82) is 0 Å². The van der Waals surface area contributed by atoms with Gasteiger partial charge in [0.1, 0.15) is 0 Å². The molecule has 0 unspecified atom stereocenters. The zero-order valence-corrected chi connectivity index (χ0v) is 13.3. The predicted molar refractivity (Wildman–Crippen MR) is 92.7 cm³/mol. The van der Waals surface area contributed by atoms with Crippen molar-refractivity contribution in [2.45, 2.75) is 0 Å². The van der Waals surface area contributed by atoms with Crippen molar-refractivity contribution in [1.82, 2.24) is 14.9 Å². The van der Waals surface area contributed by atoms with Gasteiger partial charge >= 0.3 is 0 Å². The van der Waals surface area contributed by atoms with E-state index in [0.29, 0.717) is 11.4 Å². The van der Waals surface area contributed by atoms with Crippen molar-refractivity contribution >= 4 is 22.9 Å². The number of hydrogen-bond donors (Lipinski definition) is 2. The highest BCUT2D eigenvalue weighted by Gasteiger charge is 2.21. The Morgan fingerprint density at radius 2 is 1.92 bits per heavy atom. The number of hydrogen-bond acceptors (Lipinski definition) is 8. The van der Waals surface area contributed by atoms with Gasteiger partial charge in [0.15, 0.2) is 11.6 Å². The molecule has 1 fully saturated rings. The van der Waals surface area contributed by atoms with Crippen LogP contribution >= 0.6 is 0 Å². The van der Waals surface area contributed by atoms with Crippen molar-refractivity contribution in [3.63, 3.8) is 0 Å². The molecule has 0 amide bonds. The Hall–Kier alpha value is -2.94. The molecule has 4 N–H and O–H groups in total. The number of rotatable bonds is 3. The van der Waals surface area contributed by atoms with Crippen LogP contribution in [-0.2, 0) is 0 Å². The van der Waals surface area contributed by atoms with E-state index in [1.807, 2.05) is 0 Å². The number of non-ortho nitro benzene ring substituents is 1. The van der Waals surface area contributed by atoms with Gasteiger partial charge in [0.05, 0.1) is 16.8 Å². The second kappa shape index (κ2) is 6.28. The Balaban J connectivity index is 2.08. The molecular weight excluding hydrogens is 310 g/mol. The fourth-order valence-corrected chi connectivity index (χ4v) is 2.67. The number of piperazine rings is 1. The highest BCUT2D eigenvalue weighted by atomic mass is 16.6. The van der Waals surface area contributed by atoms with E-state index < -0.39 is 4.92 Å².